The Morgan fingerprint density at radius 2 is 0.500 bits per heavy atom. The largest absolute Gasteiger partial charge is 0.0622 e. The Bertz CT molecular complexity index is 3990. The Hall–Kier alpha value is -8.84. The van der Waals surface area contributed by atoms with E-state index in [1.54, 1.807) is 0 Å². The van der Waals surface area contributed by atoms with E-state index >= 15 is 0 Å². The molecule has 0 aliphatic heterocycles. The van der Waals surface area contributed by atoms with Crippen LogP contribution in [0.4, 0.5) is 0 Å². The Morgan fingerprint density at radius 3 is 0.897 bits per heavy atom. The molecule has 0 nitrogen and oxygen atoms in total. The maximum Gasteiger partial charge on any atom is -0.000718 e. The van der Waals surface area contributed by atoms with Crippen molar-refractivity contribution in [1.82, 2.24) is 0 Å². The molecule has 68 heavy (non-hydrogen) atoms. The lowest BCUT2D eigenvalue weighted by atomic mass is 9.78. The summed E-state index contributed by atoms with van der Waals surface area (Å²) in [6, 6.07) is 86.4. The molecule has 0 heterocycles. The fraction of sp³-hybridized carbons (Fsp3) is 0. The predicted octanol–water partition coefficient (Wildman–Crippen LogP) is 19.0. The average Bonchev–Trinajstić information content (AvgIpc) is 4.00. The zero-order valence-corrected chi connectivity index (χ0v) is 37.1. The lowest BCUT2D eigenvalue weighted by Crippen LogP contribution is -1.98. The smallest absolute Gasteiger partial charge is 0.000718 e. The first-order valence-electron chi connectivity index (χ1n) is 23.8. The molecule has 0 atom stereocenters. The van der Waals surface area contributed by atoms with Gasteiger partial charge >= 0.3 is 0 Å². The summed E-state index contributed by atoms with van der Waals surface area (Å²) < 4.78 is 0. The van der Waals surface area contributed by atoms with E-state index in [0.717, 1.165) is 0 Å². The summed E-state index contributed by atoms with van der Waals surface area (Å²) in [5.41, 5.74) is 22.5. The summed E-state index contributed by atoms with van der Waals surface area (Å²) in [5.74, 6) is 0. The fourth-order valence-electron chi connectivity index (χ4n) is 12.3. The van der Waals surface area contributed by atoms with E-state index in [1.165, 1.54) is 154 Å². The van der Waals surface area contributed by atoms with Gasteiger partial charge in [-0.2, -0.15) is 0 Å². The summed E-state index contributed by atoms with van der Waals surface area (Å²) >= 11 is 0. The third kappa shape index (κ3) is 5.20. The first-order valence-corrected chi connectivity index (χ1v) is 23.8. The molecule has 2 aliphatic carbocycles. The van der Waals surface area contributed by atoms with Crippen molar-refractivity contribution >= 4 is 66.0 Å². The van der Waals surface area contributed by atoms with E-state index in [1.807, 2.05) is 0 Å². The molecule has 0 aromatic heterocycles. The van der Waals surface area contributed by atoms with E-state index in [2.05, 4.69) is 243 Å². The van der Waals surface area contributed by atoms with Gasteiger partial charge in [0.05, 0.1) is 0 Å². The van der Waals surface area contributed by atoms with Gasteiger partial charge in [0.25, 0.3) is 0 Å². The van der Waals surface area contributed by atoms with Crippen molar-refractivity contribution in [2.75, 3.05) is 0 Å². The molecular formula is C68H40. The number of fused-ring (bicyclic) bond motifs is 6. The van der Waals surface area contributed by atoms with Crippen LogP contribution in [0.15, 0.2) is 231 Å². The Balaban J connectivity index is 1.18. The molecule has 0 saturated carbocycles. The molecule has 13 aromatic rings. The second-order valence-corrected chi connectivity index (χ2v) is 18.6. The molecule has 0 N–H and O–H groups in total. The minimum Gasteiger partial charge on any atom is -0.0622 e. The highest BCUT2D eigenvalue weighted by molar-refractivity contribution is 6.40. The third-order valence-electron chi connectivity index (χ3n) is 15.1. The minimum atomic E-state index is 1.20. The van der Waals surface area contributed by atoms with Gasteiger partial charge < -0.3 is 0 Å². The number of hydrogen-bond donors (Lipinski definition) is 0. The quantitative estimate of drug-likeness (QED) is 0.115. The summed E-state index contributed by atoms with van der Waals surface area (Å²) in [6.07, 6.45) is 4.56. The minimum absolute atomic E-state index is 1.20. The molecule has 0 amide bonds. The molecule has 2 aliphatic rings. The van der Waals surface area contributed by atoms with Crippen LogP contribution >= 0.6 is 0 Å². The number of benzene rings is 13. The summed E-state index contributed by atoms with van der Waals surface area (Å²) in [7, 11) is 0. The highest BCUT2D eigenvalue weighted by Crippen LogP contribution is 2.62. The number of rotatable bonds is 6. The fourth-order valence-corrected chi connectivity index (χ4v) is 12.3. The van der Waals surface area contributed by atoms with Crippen LogP contribution in [0, 0.1) is 0 Å². The van der Waals surface area contributed by atoms with Crippen LogP contribution in [-0.2, 0) is 0 Å². The van der Waals surface area contributed by atoms with Gasteiger partial charge in [0, 0.05) is 0 Å². The van der Waals surface area contributed by atoms with Gasteiger partial charge in [0.2, 0.25) is 0 Å². The third-order valence-corrected chi connectivity index (χ3v) is 15.1. The van der Waals surface area contributed by atoms with Crippen molar-refractivity contribution in [3.8, 4) is 89.0 Å². The van der Waals surface area contributed by atoms with E-state index in [4.69, 9.17) is 0 Å². The van der Waals surface area contributed by atoms with Gasteiger partial charge in [-0.15, -0.1) is 0 Å². The van der Waals surface area contributed by atoms with Crippen molar-refractivity contribution in [2.45, 2.75) is 0 Å². The Kier molecular flexibility index (Phi) is 7.88. The molecule has 312 valence electrons. The monoisotopic (exact) mass is 856 g/mol. The van der Waals surface area contributed by atoms with Gasteiger partial charge in [0.15, 0.2) is 0 Å². The first-order chi connectivity index (χ1) is 33.8. The molecule has 13 aromatic carbocycles. The van der Waals surface area contributed by atoms with Crippen LogP contribution in [0.3, 0.4) is 0 Å². The molecular weight excluding hydrogens is 817 g/mol. The standard InChI is InChI=1S/C68H40/c1-5-17-41(18-6-1)47-25-13-15-27-49(47)64-59-39-57(43-21-9-3-10-22-43)58(44-23-11-4-12-24-44)40-60(59)65(50-28-16-14-26-48(50)42-19-7-2-8-20-42)68-56-38-36-54-52-34-32-46-30-29-45-31-33-51(62(52)61(45)46)53-35-37-55(67(64)68)66(56)63(53)54/h1-40H. The number of hydrogen-bond acceptors (Lipinski definition) is 0. The van der Waals surface area contributed by atoms with Gasteiger partial charge in [-0.25, -0.2) is 0 Å². The van der Waals surface area contributed by atoms with Crippen LogP contribution in [0.1, 0.15) is 11.1 Å². The summed E-state index contributed by atoms with van der Waals surface area (Å²) in [6.45, 7) is 0. The lowest BCUT2D eigenvalue weighted by Gasteiger charge is -2.25. The van der Waals surface area contributed by atoms with Crippen LogP contribution in [0.2, 0.25) is 0 Å². The predicted molar refractivity (Wildman–Crippen MR) is 291 cm³/mol. The molecule has 0 fully saturated rings. The Labute approximate surface area is 394 Å². The lowest BCUT2D eigenvalue weighted by molar-refractivity contribution is 1.57. The summed E-state index contributed by atoms with van der Waals surface area (Å²) in [5, 5.41) is 13.2. The van der Waals surface area contributed by atoms with Crippen LogP contribution in [-0.4, -0.2) is 0 Å². The highest BCUT2D eigenvalue weighted by Gasteiger charge is 2.34. The van der Waals surface area contributed by atoms with Gasteiger partial charge in [-0.1, -0.05) is 231 Å². The van der Waals surface area contributed by atoms with Crippen LogP contribution in [0.25, 0.3) is 155 Å². The Morgan fingerprint density at radius 1 is 0.176 bits per heavy atom. The normalized spacial score (nSPS) is 12.4. The van der Waals surface area contributed by atoms with Crippen LogP contribution < -0.4 is 0 Å². The highest BCUT2D eigenvalue weighted by atomic mass is 14.4. The van der Waals surface area contributed by atoms with Crippen molar-refractivity contribution in [3.05, 3.63) is 242 Å². The molecule has 15 rings (SSSR count). The molecule has 0 spiro atoms. The zero-order chi connectivity index (χ0) is 44.5. The average molecular weight is 857 g/mol. The molecule has 0 radical (unpaired) electrons. The zero-order valence-electron chi connectivity index (χ0n) is 37.1. The second kappa shape index (κ2) is 14.3. The van der Waals surface area contributed by atoms with Gasteiger partial charge in [-0.3, -0.25) is 0 Å². The molecule has 0 heteroatoms. The summed E-state index contributed by atoms with van der Waals surface area (Å²) in [4.78, 5) is 0. The SMILES string of the molecule is C1=Cc2ccc3c4ccc5c6c(ccc(c7ccc1c2c73)c64)-c1c-5c(-c2ccccc2-c2ccccc2)c2cc(-c3ccccc3)c(-c3ccccc3)cc2c1-c1ccccc1-c1ccccc1. The maximum atomic E-state index is 2.53. The molecule has 0 bridgehead atoms. The topological polar surface area (TPSA) is 0 Å². The van der Waals surface area contributed by atoms with E-state index in [-0.39, 0.29) is 0 Å². The van der Waals surface area contributed by atoms with Gasteiger partial charge in [-0.05, 0) is 166 Å². The van der Waals surface area contributed by atoms with E-state index in [9.17, 15) is 0 Å². The van der Waals surface area contributed by atoms with Crippen molar-refractivity contribution in [1.29, 1.82) is 0 Å². The molecule has 0 unspecified atom stereocenters. The van der Waals surface area contributed by atoms with E-state index < -0.39 is 0 Å². The van der Waals surface area contributed by atoms with Crippen molar-refractivity contribution < 1.29 is 0 Å². The first kappa shape index (κ1) is 37.4. The van der Waals surface area contributed by atoms with Crippen molar-refractivity contribution in [3.63, 3.8) is 0 Å². The van der Waals surface area contributed by atoms with Gasteiger partial charge in [0.1, 0.15) is 0 Å². The van der Waals surface area contributed by atoms with Crippen LogP contribution in [0.5, 0.6) is 0 Å². The van der Waals surface area contributed by atoms with E-state index in [0.29, 0.717) is 0 Å². The second-order valence-electron chi connectivity index (χ2n) is 18.6. The maximum absolute atomic E-state index is 2.53. The molecule has 0 saturated heterocycles. The van der Waals surface area contributed by atoms with Crippen molar-refractivity contribution in [2.24, 2.45) is 0 Å².